The van der Waals surface area contributed by atoms with E-state index in [1.165, 1.54) is 4.90 Å². The van der Waals surface area contributed by atoms with Crippen LogP contribution in [0.15, 0.2) is 0 Å². The van der Waals surface area contributed by atoms with Crippen LogP contribution >= 0.6 is 11.6 Å². The van der Waals surface area contributed by atoms with E-state index in [9.17, 15) is 14.4 Å². The molecule has 0 aromatic carbocycles. The Morgan fingerprint density at radius 1 is 1.20 bits per heavy atom. The Labute approximate surface area is 122 Å². The number of carbonyl (C=O) groups is 3. The average Bonchev–Trinajstić information content (AvgIpc) is 3.25. The van der Waals surface area contributed by atoms with Gasteiger partial charge >= 0.3 is 0 Å². The molecule has 0 spiro atoms. The van der Waals surface area contributed by atoms with Gasteiger partial charge in [0, 0.05) is 12.5 Å². The summed E-state index contributed by atoms with van der Waals surface area (Å²) in [4.78, 5) is 39.2. The summed E-state index contributed by atoms with van der Waals surface area (Å²) < 4.78 is 0. The first-order valence-electron chi connectivity index (χ1n) is 7.07. The molecule has 1 N–H and O–H groups in total. The van der Waals surface area contributed by atoms with Crippen molar-refractivity contribution in [3.8, 4) is 0 Å². The number of rotatable bonds is 2. The van der Waals surface area contributed by atoms with Crippen LogP contribution in [0.3, 0.4) is 0 Å². The lowest BCUT2D eigenvalue weighted by atomic mass is 10.0. The molecule has 2 heterocycles. The topological polar surface area (TPSA) is 69.7 Å². The maximum atomic E-state index is 12.4. The molecule has 3 aliphatic rings. The van der Waals surface area contributed by atoms with Crippen LogP contribution in [0, 0.1) is 5.92 Å². The number of hydrogen-bond donors (Lipinski definition) is 1. The monoisotopic (exact) mass is 299 g/mol. The summed E-state index contributed by atoms with van der Waals surface area (Å²) in [5, 5.41) is 2.46. The summed E-state index contributed by atoms with van der Waals surface area (Å²) in [7, 11) is 0. The van der Waals surface area contributed by atoms with Crippen LogP contribution in [0.2, 0.25) is 0 Å². The molecule has 2 aliphatic heterocycles. The van der Waals surface area contributed by atoms with Gasteiger partial charge in [0.1, 0.15) is 12.7 Å². The third-order valence-electron chi connectivity index (χ3n) is 4.13. The minimum Gasteiger partial charge on any atom is -0.345 e. The number of halogens is 1. The van der Waals surface area contributed by atoms with Crippen LogP contribution in [-0.2, 0) is 14.4 Å². The van der Waals surface area contributed by atoms with Gasteiger partial charge in [0.25, 0.3) is 0 Å². The van der Waals surface area contributed by atoms with Gasteiger partial charge in [-0.05, 0) is 25.7 Å². The molecular weight excluding hydrogens is 282 g/mol. The first-order chi connectivity index (χ1) is 9.56. The number of likely N-dealkylation sites (tertiary alicyclic amines) is 1. The first kappa shape index (κ1) is 13.7. The molecule has 2 saturated heterocycles. The van der Waals surface area contributed by atoms with E-state index in [0.29, 0.717) is 13.0 Å². The minimum absolute atomic E-state index is 0.0189. The van der Waals surface area contributed by atoms with E-state index in [0.717, 1.165) is 19.3 Å². The molecule has 7 heteroatoms. The second-order valence-electron chi connectivity index (χ2n) is 5.72. The van der Waals surface area contributed by atoms with E-state index >= 15 is 0 Å². The Hall–Kier alpha value is -1.30. The van der Waals surface area contributed by atoms with Crippen LogP contribution in [0.1, 0.15) is 25.7 Å². The highest BCUT2D eigenvalue weighted by molar-refractivity contribution is 6.21. The molecule has 0 radical (unpaired) electrons. The van der Waals surface area contributed by atoms with E-state index in [2.05, 4.69) is 5.32 Å². The number of alkyl halides is 1. The molecule has 3 amide bonds. The Morgan fingerprint density at radius 2 is 1.95 bits per heavy atom. The van der Waals surface area contributed by atoms with E-state index in [-0.39, 0.29) is 48.3 Å². The van der Waals surface area contributed by atoms with Crippen LogP contribution in [0.25, 0.3) is 0 Å². The van der Waals surface area contributed by atoms with Gasteiger partial charge in [-0.1, -0.05) is 0 Å². The zero-order valence-electron chi connectivity index (χ0n) is 11.2. The highest BCUT2D eigenvalue weighted by atomic mass is 35.5. The molecular formula is C13H18ClN3O3. The molecule has 0 aromatic heterocycles. The largest absolute Gasteiger partial charge is 0.345 e. The van der Waals surface area contributed by atoms with E-state index in [4.69, 9.17) is 11.6 Å². The van der Waals surface area contributed by atoms with Crippen molar-refractivity contribution in [1.82, 2.24) is 15.1 Å². The summed E-state index contributed by atoms with van der Waals surface area (Å²) in [5.41, 5.74) is 0. The van der Waals surface area contributed by atoms with Crippen molar-refractivity contribution in [1.29, 1.82) is 0 Å². The predicted molar refractivity (Wildman–Crippen MR) is 71.8 cm³/mol. The number of piperidine rings is 1. The van der Waals surface area contributed by atoms with Crippen molar-refractivity contribution in [2.75, 3.05) is 19.6 Å². The van der Waals surface area contributed by atoms with Crippen molar-refractivity contribution in [3.63, 3.8) is 0 Å². The molecule has 3 fully saturated rings. The number of piperazine rings is 1. The average molecular weight is 300 g/mol. The minimum atomic E-state index is -0.309. The quantitative estimate of drug-likeness (QED) is 0.725. The summed E-state index contributed by atoms with van der Waals surface area (Å²) in [6, 6.07) is 0. The van der Waals surface area contributed by atoms with E-state index in [1.54, 1.807) is 4.90 Å². The zero-order valence-corrected chi connectivity index (χ0v) is 11.9. The van der Waals surface area contributed by atoms with Gasteiger partial charge in [0.05, 0.1) is 11.9 Å². The van der Waals surface area contributed by atoms with Crippen molar-refractivity contribution < 1.29 is 14.4 Å². The molecule has 2 atom stereocenters. The molecule has 110 valence electrons. The first-order valence-corrected chi connectivity index (χ1v) is 7.50. The smallest absolute Gasteiger partial charge is 0.244 e. The normalized spacial score (nSPS) is 31.2. The van der Waals surface area contributed by atoms with Gasteiger partial charge in [-0.3, -0.25) is 14.4 Å². The summed E-state index contributed by atoms with van der Waals surface area (Å²) in [6.45, 7) is 0.517. The van der Waals surface area contributed by atoms with Gasteiger partial charge in [0.2, 0.25) is 17.7 Å². The van der Waals surface area contributed by atoms with Gasteiger partial charge < -0.3 is 15.1 Å². The van der Waals surface area contributed by atoms with E-state index in [1.807, 2.05) is 0 Å². The van der Waals surface area contributed by atoms with Gasteiger partial charge in [-0.15, -0.1) is 11.6 Å². The fourth-order valence-corrected chi connectivity index (χ4v) is 3.16. The summed E-state index contributed by atoms with van der Waals surface area (Å²) in [6.07, 6.45) is 2.93. The van der Waals surface area contributed by atoms with Crippen molar-refractivity contribution in [2.45, 2.75) is 37.2 Å². The van der Waals surface area contributed by atoms with Crippen LogP contribution in [0.5, 0.6) is 0 Å². The number of nitrogens with one attached hydrogen (secondary N) is 1. The molecule has 2 unspecified atom stereocenters. The molecule has 0 bridgehead atoms. The number of amides is 3. The SMILES string of the molecule is O=C1CN(C2CCC(Cl)CN2C(=O)C2CC2)C(=O)CN1. The maximum Gasteiger partial charge on any atom is 0.244 e. The third-order valence-corrected chi connectivity index (χ3v) is 4.49. The van der Waals surface area contributed by atoms with Crippen molar-refractivity contribution in [3.05, 3.63) is 0 Å². The molecule has 0 aromatic rings. The standard InChI is InChI=1S/C13H18ClN3O3/c14-9-3-4-11(16-7-10(18)15-5-12(16)19)17(6-9)13(20)8-1-2-8/h8-9,11H,1-7H2,(H,15,18). The fraction of sp³-hybridized carbons (Fsp3) is 0.769. The number of hydrogen-bond acceptors (Lipinski definition) is 3. The van der Waals surface area contributed by atoms with Crippen molar-refractivity contribution >= 4 is 29.3 Å². The van der Waals surface area contributed by atoms with Crippen LogP contribution in [-0.4, -0.2) is 58.7 Å². The lowest BCUT2D eigenvalue weighted by Gasteiger charge is -2.45. The van der Waals surface area contributed by atoms with Crippen LogP contribution < -0.4 is 5.32 Å². The Kier molecular flexibility index (Phi) is 3.58. The van der Waals surface area contributed by atoms with Gasteiger partial charge in [-0.25, -0.2) is 0 Å². The lowest BCUT2D eigenvalue weighted by Crippen LogP contribution is -2.63. The molecule has 1 saturated carbocycles. The Balaban J connectivity index is 1.78. The molecule has 1 aliphatic carbocycles. The highest BCUT2D eigenvalue weighted by Gasteiger charge is 2.43. The zero-order chi connectivity index (χ0) is 14.3. The highest BCUT2D eigenvalue weighted by Crippen LogP contribution is 2.34. The number of carbonyl (C=O) groups excluding carboxylic acids is 3. The Morgan fingerprint density at radius 3 is 2.65 bits per heavy atom. The second kappa shape index (κ2) is 5.24. The van der Waals surface area contributed by atoms with Crippen molar-refractivity contribution in [2.24, 2.45) is 5.92 Å². The molecule has 3 rings (SSSR count). The summed E-state index contributed by atoms with van der Waals surface area (Å²) in [5.74, 6) is -0.125. The maximum absolute atomic E-state index is 12.4. The number of nitrogens with zero attached hydrogens (tertiary/aromatic N) is 2. The third kappa shape index (κ3) is 2.61. The lowest BCUT2D eigenvalue weighted by molar-refractivity contribution is -0.155. The second-order valence-corrected chi connectivity index (χ2v) is 6.34. The molecule has 6 nitrogen and oxygen atoms in total. The van der Waals surface area contributed by atoms with Gasteiger partial charge in [0.15, 0.2) is 0 Å². The van der Waals surface area contributed by atoms with E-state index < -0.39 is 0 Å². The predicted octanol–water partition coefficient (Wildman–Crippen LogP) is -0.0893. The fourth-order valence-electron chi connectivity index (χ4n) is 2.88. The van der Waals surface area contributed by atoms with Gasteiger partial charge in [-0.2, -0.15) is 0 Å². The van der Waals surface area contributed by atoms with Crippen LogP contribution in [0.4, 0.5) is 0 Å². The molecule has 20 heavy (non-hydrogen) atoms. The summed E-state index contributed by atoms with van der Waals surface area (Å²) >= 11 is 6.17. The Bertz CT molecular complexity index is 452.